The van der Waals surface area contributed by atoms with E-state index in [-0.39, 0.29) is 10.8 Å². The second-order valence-electron chi connectivity index (χ2n) is 11.0. The van der Waals surface area contributed by atoms with Crippen molar-refractivity contribution in [3.63, 3.8) is 0 Å². The number of anilines is 1. The van der Waals surface area contributed by atoms with Crippen LogP contribution in [0, 0.1) is 5.82 Å². The summed E-state index contributed by atoms with van der Waals surface area (Å²) in [6.07, 6.45) is 3.15. The van der Waals surface area contributed by atoms with Crippen LogP contribution >= 0.6 is 11.6 Å². The molecule has 0 radical (unpaired) electrons. The van der Waals surface area contributed by atoms with Crippen LogP contribution in [0.2, 0.25) is 5.02 Å². The van der Waals surface area contributed by atoms with Crippen LogP contribution in [-0.2, 0) is 6.18 Å². The van der Waals surface area contributed by atoms with Gasteiger partial charge in [-0.1, -0.05) is 18.2 Å². The number of nitrogens with two attached hydrogens (primary N) is 1. The van der Waals surface area contributed by atoms with Gasteiger partial charge in [0.1, 0.15) is 23.3 Å². The summed E-state index contributed by atoms with van der Waals surface area (Å²) in [6.45, 7) is 9.77. The molecule has 3 fully saturated rings. The van der Waals surface area contributed by atoms with E-state index < -0.39 is 17.6 Å². The van der Waals surface area contributed by atoms with Crippen molar-refractivity contribution < 1.29 is 17.6 Å². The molecule has 2 N–H and O–H groups in total. The fourth-order valence-corrected chi connectivity index (χ4v) is 6.12. The number of likely N-dealkylation sites (tertiary alicyclic amines) is 2. The summed E-state index contributed by atoms with van der Waals surface area (Å²) in [6, 6.07) is 6.93. The number of nitrogens with zero attached hydrogens (tertiary/aromatic N) is 6. The van der Waals surface area contributed by atoms with E-state index in [4.69, 9.17) is 22.3 Å². The molecule has 0 unspecified atom stereocenters. The van der Waals surface area contributed by atoms with Gasteiger partial charge in [-0.15, -0.1) is 0 Å². The second kappa shape index (κ2) is 12.9. The Morgan fingerprint density at radius 1 is 1.07 bits per heavy atom. The highest BCUT2D eigenvalue weighted by molar-refractivity contribution is 6.30. The average molecular weight is 606 g/mol. The zero-order valence-corrected chi connectivity index (χ0v) is 24.2. The van der Waals surface area contributed by atoms with E-state index in [1.165, 1.54) is 37.2 Å². The zero-order chi connectivity index (χ0) is 29.9. The lowest BCUT2D eigenvalue weighted by atomic mass is 10.1. The van der Waals surface area contributed by atoms with Gasteiger partial charge in [0.15, 0.2) is 0 Å². The molecule has 226 valence electrons. The molecule has 0 aliphatic carbocycles. The molecule has 3 aliphatic rings. The molecule has 1 atom stereocenters. The molecule has 0 bridgehead atoms. The number of pyridine rings is 1. The van der Waals surface area contributed by atoms with Gasteiger partial charge >= 0.3 is 6.18 Å². The summed E-state index contributed by atoms with van der Waals surface area (Å²) >= 11 is 6.00. The summed E-state index contributed by atoms with van der Waals surface area (Å²) < 4.78 is 54.7. The lowest BCUT2D eigenvalue weighted by Crippen LogP contribution is -2.49. The lowest BCUT2D eigenvalue weighted by molar-refractivity contribution is -0.137. The van der Waals surface area contributed by atoms with Crippen LogP contribution in [0.3, 0.4) is 0 Å². The maximum Gasteiger partial charge on any atom is 0.419 e. The predicted molar refractivity (Wildman–Crippen MR) is 159 cm³/mol. The topological polar surface area (TPSA) is 64.2 Å². The zero-order valence-electron chi connectivity index (χ0n) is 23.5. The quantitative estimate of drug-likeness (QED) is 0.258. The van der Waals surface area contributed by atoms with Crippen molar-refractivity contribution in [3.8, 4) is 0 Å². The number of rotatable bonds is 7. The van der Waals surface area contributed by atoms with E-state index in [0.717, 1.165) is 45.1 Å². The van der Waals surface area contributed by atoms with E-state index in [0.29, 0.717) is 55.1 Å². The first-order chi connectivity index (χ1) is 20.1. The number of aromatic nitrogens is 1. The maximum absolute atomic E-state index is 13.8. The molecule has 3 aliphatic heterocycles. The summed E-state index contributed by atoms with van der Waals surface area (Å²) in [5.41, 5.74) is 6.57. The Morgan fingerprint density at radius 2 is 1.81 bits per heavy atom. The molecule has 1 aromatic heterocycles. The fraction of sp³-hybridized carbons (Fsp3) is 0.467. The second-order valence-corrected chi connectivity index (χ2v) is 11.4. The van der Waals surface area contributed by atoms with Gasteiger partial charge in [-0.3, -0.25) is 0 Å². The molecular formula is C30H36ClF4N7. The molecular weight excluding hydrogens is 570 g/mol. The average Bonchev–Trinajstić information content (AvgIpc) is 3.66. The summed E-state index contributed by atoms with van der Waals surface area (Å²) in [5, 5.41) is -0.0435. The third-order valence-corrected chi connectivity index (χ3v) is 8.44. The van der Waals surface area contributed by atoms with Crippen LogP contribution in [0.5, 0.6) is 0 Å². The van der Waals surface area contributed by atoms with Gasteiger partial charge in [0, 0.05) is 63.3 Å². The van der Waals surface area contributed by atoms with Crippen molar-refractivity contribution in [2.45, 2.75) is 37.9 Å². The maximum atomic E-state index is 13.8. The molecule has 12 heteroatoms. The molecule has 0 spiro atoms. The number of hydrogen-bond acceptors (Lipinski definition) is 6. The molecule has 3 saturated heterocycles. The van der Waals surface area contributed by atoms with Crippen LogP contribution in [0.4, 0.5) is 23.4 Å². The standard InChI is InChI=1S/C30H36ClF4N7/c1-21(42-13-5-6-23(42)20-39-11-2-3-12-39)38-28(19-27(36)22-8-9-26(32)25(31)18-22)40-14-16-41(17-15-40)29-24(30(33,34)35)7-4-10-37-29/h4,7-10,18-19,23H,1-3,5-6,11-17,20,36H2/b27-19-,38-28+/t23-/m0/s1. The number of piperazine rings is 1. The molecule has 1 aromatic carbocycles. The lowest BCUT2D eigenvalue weighted by Gasteiger charge is -2.38. The van der Waals surface area contributed by atoms with E-state index in [2.05, 4.69) is 21.4 Å². The van der Waals surface area contributed by atoms with Crippen LogP contribution in [-0.4, -0.2) is 83.9 Å². The monoisotopic (exact) mass is 605 g/mol. The van der Waals surface area contributed by atoms with Crippen molar-refractivity contribution in [1.29, 1.82) is 0 Å². The molecule has 5 rings (SSSR count). The minimum Gasteiger partial charge on any atom is -0.398 e. The number of hydrogen-bond donors (Lipinski definition) is 1. The van der Waals surface area contributed by atoms with E-state index >= 15 is 0 Å². The molecule has 7 nitrogen and oxygen atoms in total. The smallest absolute Gasteiger partial charge is 0.398 e. The van der Waals surface area contributed by atoms with E-state index in [1.54, 1.807) is 17.0 Å². The van der Waals surface area contributed by atoms with Gasteiger partial charge in [0.25, 0.3) is 0 Å². The first-order valence-corrected chi connectivity index (χ1v) is 14.7. The first kappa shape index (κ1) is 30.2. The van der Waals surface area contributed by atoms with Gasteiger partial charge in [-0.05, 0) is 74.7 Å². The van der Waals surface area contributed by atoms with E-state index in [9.17, 15) is 17.6 Å². The Bertz CT molecular complexity index is 1330. The third kappa shape index (κ3) is 7.00. The third-order valence-electron chi connectivity index (χ3n) is 8.15. The Labute approximate surface area is 248 Å². The van der Waals surface area contributed by atoms with Gasteiger partial charge < -0.3 is 25.3 Å². The Hall–Kier alpha value is -3.31. The fourth-order valence-electron chi connectivity index (χ4n) is 5.93. The van der Waals surface area contributed by atoms with Gasteiger partial charge in [-0.25, -0.2) is 14.4 Å². The number of amidine groups is 1. The van der Waals surface area contributed by atoms with Crippen molar-refractivity contribution in [2.24, 2.45) is 10.7 Å². The van der Waals surface area contributed by atoms with Gasteiger partial charge in [0.05, 0.1) is 10.6 Å². The highest BCUT2D eigenvalue weighted by atomic mass is 35.5. The molecule has 4 heterocycles. The molecule has 2 aromatic rings. The number of aliphatic imine (C=N–C) groups is 1. The first-order valence-electron chi connectivity index (χ1n) is 14.3. The molecule has 42 heavy (non-hydrogen) atoms. The summed E-state index contributed by atoms with van der Waals surface area (Å²) in [5.74, 6) is 0.545. The highest BCUT2D eigenvalue weighted by Gasteiger charge is 2.36. The summed E-state index contributed by atoms with van der Waals surface area (Å²) in [4.78, 5) is 17.4. The van der Waals surface area contributed by atoms with Crippen molar-refractivity contribution >= 4 is 29.0 Å². The number of halogens is 5. The predicted octanol–water partition coefficient (Wildman–Crippen LogP) is 5.44. The Kier molecular flexibility index (Phi) is 9.27. The SMILES string of the molecule is C=C(/N=C(\C=C(/N)c1ccc(F)c(Cl)c1)N1CCN(c2ncccc2C(F)(F)F)CC1)N1CCC[C@H]1CN1CCCC1. The van der Waals surface area contributed by atoms with Crippen molar-refractivity contribution in [3.05, 3.63) is 77.0 Å². The minimum absolute atomic E-state index is 0.0435. The number of benzene rings is 1. The number of alkyl halides is 3. The van der Waals surface area contributed by atoms with Crippen molar-refractivity contribution in [1.82, 2.24) is 19.7 Å². The van der Waals surface area contributed by atoms with Gasteiger partial charge in [-0.2, -0.15) is 13.2 Å². The van der Waals surface area contributed by atoms with Crippen LogP contribution in [0.25, 0.3) is 5.70 Å². The van der Waals surface area contributed by atoms with Crippen LogP contribution < -0.4 is 10.6 Å². The molecule has 0 amide bonds. The van der Waals surface area contributed by atoms with Crippen molar-refractivity contribution in [2.75, 3.05) is 57.3 Å². The van der Waals surface area contributed by atoms with E-state index in [1.807, 2.05) is 4.90 Å². The largest absolute Gasteiger partial charge is 0.419 e. The summed E-state index contributed by atoms with van der Waals surface area (Å²) in [7, 11) is 0. The molecule has 0 saturated carbocycles. The Morgan fingerprint density at radius 3 is 2.50 bits per heavy atom. The van der Waals surface area contributed by atoms with Crippen LogP contribution in [0.15, 0.2) is 60.0 Å². The Balaban J connectivity index is 1.39. The van der Waals surface area contributed by atoms with Crippen LogP contribution in [0.1, 0.15) is 36.8 Å². The van der Waals surface area contributed by atoms with Gasteiger partial charge in [0.2, 0.25) is 0 Å². The highest BCUT2D eigenvalue weighted by Crippen LogP contribution is 2.35. The normalized spacial score (nSPS) is 21.0. The minimum atomic E-state index is -4.50.